The highest BCUT2D eigenvalue weighted by atomic mass is 16.5. The van der Waals surface area contributed by atoms with E-state index in [0.717, 1.165) is 29.8 Å². The molecule has 36 heavy (non-hydrogen) atoms. The molecule has 0 spiro atoms. The molecule has 1 fully saturated rings. The van der Waals surface area contributed by atoms with Crippen LogP contribution in [0, 0.1) is 19.8 Å². The van der Waals surface area contributed by atoms with Crippen LogP contribution in [0.25, 0.3) is 17.1 Å². The molecule has 0 amide bonds. The second-order valence-corrected chi connectivity index (χ2v) is 9.01. The van der Waals surface area contributed by atoms with Crippen molar-refractivity contribution >= 4 is 11.8 Å². The number of aliphatic carboxylic acids is 1. The maximum Gasteiger partial charge on any atom is 0.306 e. The lowest BCUT2D eigenvalue weighted by molar-refractivity contribution is -0.143. The van der Waals surface area contributed by atoms with Gasteiger partial charge in [-0.2, -0.15) is 5.10 Å². The number of aromatic nitrogens is 5. The molecule has 4 aromatic rings. The quantitative estimate of drug-likeness (QED) is 0.366. The van der Waals surface area contributed by atoms with Gasteiger partial charge >= 0.3 is 5.97 Å². The zero-order valence-corrected chi connectivity index (χ0v) is 20.2. The summed E-state index contributed by atoms with van der Waals surface area (Å²) in [4.78, 5) is 17.6. The number of nitrogens with one attached hydrogen (secondary N) is 1. The molecular weight excluding hydrogens is 460 g/mol. The van der Waals surface area contributed by atoms with Crippen molar-refractivity contribution in [2.75, 3.05) is 5.32 Å². The van der Waals surface area contributed by atoms with Crippen molar-refractivity contribution in [2.24, 2.45) is 5.92 Å². The fourth-order valence-corrected chi connectivity index (χ4v) is 4.46. The zero-order chi connectivity index (χ0) is 25.1. The van der Waals surface area contributed by atoms with Crippen molar-refractivity contribution in [3.8, 4) is 22.9 Å². The van der Waals surface area contributed by atoms with E-state index in [0.29, 0.717) is 48.1 Å². The number of ether oxygens (including phenoxy) is 1. The first-order chi connectivity index (χ1) is 17.5. The molecule has 1 aliphatic rings. The number of anilines is 1. The minimum Gasteiger partial charge on any atom is -0.489 e. The summed E-state index contributed by atoms with van der Waals surface area (Å²) in [5.41, 5.74) is 3.87. The van der Waals surface area contributed by atoms with Crippen molar-refractivity contribution in [1.82, 2.24) is 25.1 Å². The van der Waals surface area contributed by atoms with Crippen molar-refractivity contribution < 1.29 is 19.2 Å². The normalized spacial score (nSPS) is 17.6. The average molecular weight is 489 g/mol. The van der Waals surface area contributed by atoms with Gasteiger partial charge in [-0.15, -0.1) is 9.90 Å². The minimum atomic E-state index is -0.752. The Hall–Kier alpha value is -4.21. The molecule has 3 heterocycles. The standard InChI is InChI=1S/C26H28N6O4/c1-16-21(14-27-24-15-28-32(30-24)19-8-4-3-5-9-19)25(36-31-16)22-11-12-23(17(2)29-22)35-20-10-6-7-18(13-20)26(33)34/h3-5,8-9,11-12,15,18,20H,6-7,10,13-14H2,1-2H3,(H,27,30)(H,33,34)/t18-,20-/m0/s1. The van der Waals surface area contributed by atoms with E-state index >= 15 is 0 Å². The first-order valence-corrected chi connectivity index (χ1v) is 12.0. The van der Waals surface area contributed by atoms with Crippen LogP contribution < -0.4 is 10.1 Å². The van der Waals surface area contributed by atoms with Crippen LogP contribution in [0.3, 0.4) is 0 Å². The molecule has 2 atom stereocenters. The minimum absolute atomic E-state index is 0.122. The van der Waals surface area contributed by atoms with E-state index in [1.165, 1.54) is 0 Å². The van der Waals surface area contributed by atoms with Crippen LogP contribution in [-0.2, 0) is 11.3 Å². The number of pyridine rings is 1. The number of carboxylic acid groups (broad SMARTS) is 1. The Labute approximate surface area is 208 Å². The van der Waals surface area contributed by atoms with Crippen LogP contribution in [0.15, 0.2) is 53.2 Å². The SMILES string of the molecule is Cc1nc(-c2onc(C)c2CNc2cnn(-c3ccccc3)n2)ccc1O[C@H]1CCC[C@H](C(=O)O)C1. The van der Waals surface area contributed by atoms with E-state index in [1.807, 2.05) is 56.3 Å². The van der Waals surface area contributed by atoms with Crippen molar-refractivity contribution in [3.63, 3.8) is 0 Å². The predicted octanol–water partition coefficient (Wildman–Crippen LogP) is 4.57. The number of hydrogen-bond donors (Lipinski definition) is 2. The maximum absolute atomic E-state index is 11.4. The van der Waals surface area contributed by atoms with Gasteiger partial charge in [0.05, 0.1) is 35.3 Å². The molecule has 0 bridgehead atoms. The van der Waals surface area contributed by atoms with Crippen LogP contribution in [0.2, 0.25) is 0 Å². The van der Waals surface area contributed by atoms with E-state index < -0.39 is 5.97 Å². The first kappa shape index (κ1) is 23.5. The summed E-state index contributed by atoms with van der Waals surface area (Å²) in [6, 6.07) is 13.4. The molecule has 1 aromatic carbocycles. The fraction of sp³-hybridized carbons (Fsp3) is 0.346. The highest BCUT2D eigenvalue weighted by Crippen LogP contribution is 2.31. The lowest BCUT2D eigenvalue weighted by Gasteiger charge is -2.27. The summed E-state index contributed by atoms with van der Waals surface area (Å²) in [5.74, 6) is 0.762. The number of para-hydroxylation sites is 1. The highest BCUT2D eigenvalue weighted by Gasteiger charge is 2.28. The molecule has 10 heteroatoms. The van der Waals surface area contributed by atoms with E-state index in [1.54, 1.807) is 11.0 Å². The van der Waals surface area contributed by atoms with Gasteiger partial charge in [-0.05, 0) is 63.8 Å². The maximum atomic E-state index is 11.4. The molecule has 0 unspecified atom stereocenters. The van der Waals surface area contributed by atoms with Crippen molar-refractivity contribution in [1.29, 1.82) is 0 Å². The molecule has 0 aliphatic heterocycles. The van der Waals surface area contributed by atoms with Gasteiger partial charge < -0.3 is 19.7 Å². The third kappa shape index (κ3) is 5.07. The van der Waals surface area contributed by atoms with Gasteiger partial charge in [-0.3, -0.25) is 4.79 Å². The number of carboxylic acids is 1. The van der Waals surface area contributed by atoms with Gasteiger partial charge in [0.1, 0.15) is 11.4 Å². The first-order valence-electron chi connectivity index (χ1n) is 12.0. The van der Waals surface area contributed by atoms with E-state index in [4.69, 9.17) is 14.2 Å². The largest absolute Gasteiger partial charge is 0.489 e. The van der Waals surface area contributed by atoms with Gasteiger partial charge in [0.25, 0.3) is 0 Å². The Kier molecular flexibility index (Phi) is 6.66. The lowest BCUT2D eigenvalue weighted by Crippen LogP contribution is -2.29. The van der Waals surface area contributed by atoms with E-state index in [-0.39, 0.29) is 12.0 Å². The van der Waals surface area contributed by atoms with Crippen molar-refractivity contribution in [2.45, 2.75) is 52.2 Å². The summed E-state index contributed by atoms with van der Waals surface area (Å²) >= 11 is 0. The number of nitrogens with zero attached hydrogens (tertiary/aromatic N) is 5. The number of rotatable bonds is 8. The number of aryl methyl sites for hydroxylation is 2. The lowest BCUT2D eigenvalue weighted by atomic mass is 9.87. The fourth-order valence-electron chi connectivity index (χ4n) is 4.46. The molecule has 3 aromatic heterocycles. The molecule has 10 nitrogen and oxygen atoms in total. The van der Waals surface area contributed by atoms with Gasteiger partial charge in [0.15, 0.2) is 11.6 Å². The van der Waals surface area contributed by atoms with Gasteiger partial charge in [-0.1, -0.05) is 23.4 Å². The smallest absolute Gasteiger partial charge is 0.306 e. The Morgan fingerprint density at radius 2 is 2.00 bits per heavy atom. The van der Waals surface area contributed by atoms with Crippen molar-refractivity contribution in [3.05, 3.63) is 65.6 Å². The topological polar surface area (TPSA) is 128 Å². The average Bonchev–Trinajstić information content (AvgIpc) is 3.51. The van der Waals surface area contributed by atoms with Gasteiger partial charge in [0.2, 0.25) is 0 Å². The van der Waals surface area contributed by atoms with Crippen LogP contribution in [0.1, 0.15) is 42.6 Å². The monoisotopic (exact) mass is 488 g/mol. The van der Waals surface area contributed by atoms with Crippen LogP contribution in [-0.4, -0.2) is 42.3 Å². The molecule has 2 N–H and O–H groups in total. The molecule has 5 rings (SSSR count). The number of benzene rings is 1. The highest BCUT2D eigenvalue weighted by molar-refractivity contribution is 5.70. The van der Waals surface area contributed by atoms with E-state index in [2.05, 4.69) is 20.7 Å². The van der Waals surface area contributed by atoms with Gasteiger partial charge in [-0.25, -0.2) is 4.98 Å². The molecule has 1 saturated carbocycles. The summed E-state index contributed by atoms with van der Waals surface area (Å²) in [6.07, 6.45) is 4.46. The summed E-state index contributed by atoms with van der Waals surface area (Å²) in [7, 11) is 0. The van der Waals surface area contributed by atoms with Crippen LogP contribution in [0.5, 0.6) is 5.75 Å². The summed E-state index contributed by atoms with van der Waals surface area (Å²) in [5, 5.41) is 25.6. The summed E-state index contributed by atoms with van der Waals surface area (Å²) < 4.78 is 11.8. The Balaban J connectivity index is 1.28. The Morgan fingerprint density at radius 1 is 1.17 bits per heavy atom. The number of hydrogen-bond acceptors (Lipinski definition) is 8. The second kappa shape index (κ2) is 10.2. The molecule has 0 saturated heterocycles. The number of carbonyl (C=O) groups is 1. The molecule has 186 valence electrons. The predicted molar refractivity (Wildman–Crippen MR) is 132 cm³/mol. The molecular formula is C26H28N6O4. The van der Waals surface area contributed by atoms with Gasteiger partial charge in [0, 0.05) is 12.1 Å². The summed E-state index contributed by atoms with van der Waals surface area (Å²) in [6.45, 7) is 4.20. The van der Waals surface area contributed by atoms with E-state index in [9.17, 15) is 9.90 Å². The second-order valence-electron chi connectivity index (χ2n) is 9.01. The van der Waals surface area contributed by atoms with Crippen LogP contribution in [0.4, 0.5) is 5.82 Å². The Morgan fingerprint density at radius 3 is 2.78 bits per heavy atom. The molecule has 1 aliphatic carbocycles. The third-order valence-corrected chi connectivity index (χ3v) is 6.45. The van der Waals surface area contributed by atoms with Crippen LogP contribution >= 0.6 is 0 Å². The third-order valence-electron chi connectivity index (χ3n) is 6.45. The molecule has 0 radical (unpaired) electrons. The zero-order valence-electron chi connectivity index (χ0n) is 20.2. The Bertz CT molecular complexity index is 1350.